The van der Waals surface area contributed by atoms with E-state index in [2.05, 4.69) is 33.8 Å². The fourth-order valence-electron chi connectivity index (χ4n) is 3.18. The number of ether oxygens (including phenoxy) is 1. The minimum atomic E-state index is 0. The van der Waals surface area contributed by atoms with Gasteiger partial charge in [-0.1, -0.05) is 44.4 Å². The van der Waals surface area contributed by atoms with E-state index >= 15 is 0 Å². The molecule has 0 amide bonds. The van der Waals surface area contributed by atoms with Crippen molar-refractivity contribution in [2.24, 2.45) is 0 Å². The van der Waals surface area contributed by atoms with Crippen molar-refractivity contribution < 1.29 is 9.53 Å². The van der Waals surface area contributed by atoms with Gasteiger partial charge in [0.25, 0.3) is 0 Å². The summed E-state index contributed by atoms with van der Waals surface area (Å²) in [5, 5.41) is 1.06. The van der Waals surface area contributed by atoms with Crippen molar-refractivity contribution in [3.63, 3.8) is 0 Å². The zero-order valence-corrected chi connectivity index (χ0v) is 18.7. The van der Waals surface area contributed by atoms with Crippen LogP contribution in [0.3, 0.4) is 0 Å². The van der Waals surface area contributed by atoms with E-state index in [1.54, 1.807) is 0 Å². The number of hydrogen-bond donors (Lipinski definition) is 0. The molecular weight excluding hydrogens is 346 g/mol. The summed E-state index contributed by atoms with van der Waals surface area (Å²) in [5.74, 6) is 0.890. The molecule has 0 saturated carbocycles. The third-order valence-corrected chi connectivity index (χ3v) is 6.06. The fourth-order valence-corrected chi connectivity index (χ4v) is 4.29. The summed E-state index contributed by atoms with van der Waals surface area (Å²) in [4.78, 5) is 12.9. The molecule has 27 heavy (non-hydrogen) atoms. The first-order valence-electron chi connectivity index (χ1n) is 9.55. The molecule has 0 N–H and O–H groups in total. The van der Waals surface area contributed by atoms with Crippen molar-refractivity contribution in [3.8, 4) is 5.75 Å². The van der Waals surface area contributed by atoms with Crippen LogP contribution in [0.2, 0.25) is 0 Å². The quantitative estimate of drug-likeness (QED) is 0.321. The number of hydrogen-bond acceptors (Lipinski definition) is 2. The molecular formula is C23H31LiO2P. The van der Waals surface area contributed by atoms with Crippen LogP contribution in [0, 0.1) is 27.7 Å². The Kier molecular flexibility index (Phi) is 10.4. The van der Waals surface area contributed by atoms with Crippen molar-refractivity contribution in [2.75, 3.05) is 6.61 Å². The summed E-state index contributed by atoms with van der Waals surface area (Å²) in [6, 6.07) is 10.1. The average Bonchev–Trinajstić information content (AvgIpc) is 2.61. The molecule has 0 aliphatic carbocycles. The van der Waals surface area contributed by atoms with E-state index in [9.17, 15) is 4.79 Å². The van der Waals surface area contributed by atoms with Crippen molar-refractivity contribution in [3.05, 3.63) is 58.1 Å². The van der Waals surface area contributed by atoms with Crippen LogP contribution in [0.15, 0.2) is 30.3 Å². The van der Waals surface area contributed by atoms with Gasteiger partial charge in [-0.3, -0.25) is 4.79 Å². The maximum absolute atomic E-state index is 12.9. The van der Waals surface area contributed by atoms with Gasteiger partial charge in [0, 0.05) is 24.4 Å². The Hall–Kier alpha value is -1.06. The molecule has 0 fully saturated rings. The summed E-state index contributed by atoms with van der Waals surface area (Å²) >= 11 is 0. The molecule has 1 atom stereocenters. The topological polar surface area (TPSA) is 26.3 Å². The van der Waals surface area contributed by atoms with Crippen molar-refractivity contribution in [1.82, 2.24) is 0 Å². The van der Waals surface area contributed by atoms with Gasteiger partial charge in [-0.2, -0.15) is 0 Å². The number of rotatable bonds is 9. The molecule has 2 rings (SSSR count). The molecule has 0 aromatic heterocycles. The SMILES string of the molecule is CCCCCCOc1ccc(PC(=O)c2c(C)cc(C)c(C)c2C)cc1.[Li]. The van der Waals surface area contributed by atoms with E-state index in [4.69, 9.17) is 4.74 Å². The van der Waals surface area contributed by atoms with E-state index in [1.807, 2.05) is 31.2 Å². The Morgan fingerprint density at radius 2 is 1.59 bits per heavy atom. The Morgan fingerprint density at radius 1 is 0.926 bits per heavy atom. The third-order valence-electron chi connectivity index (χ3n) is 4.96. The maximum Gasteiger partial charge on any atom is 0.186 e. The maximum atomic E-state index is 12.9. The number of benzene rings is 2. The Balaban J connectivity index is 0.00000364. The molecule has 2 aromatic carbocycles. The van der Waals surface area contributed by atoms with Gasteiger partial charge in [0.1, 0.15) is 5.75 Å². The zero-order valence-electron chi connectivity index (χ0n) is 17.7. The second-order valence-corrected chi connectivity index (χ2v) is 8.30. The first-order chi connectivity index (χ1) is 12.4. The van der Waals surface area contributed by atoms with Crippen molar-refractivity contribution in [2.45, 2.75) is 60.3 Å². The number of unbranched alkanes of at least 4 members (excludes halogenated alkanes) is 3. The first kappa shape index (κ1) is 24.0. The summed E-state index contributed by atoms with van der Waals surface area (Å²) in [5.41, 5.74) is 5.78. The Bertz CT molecular complexity index is 754. The Morgan fingerprint density at radius 3 is 2.22 bits per heavy atom. The van der Waals surface area contributed by atoms with Crippen LogP contribution in [-0.2, 0) is 0 Å². The molecule has 1 unspecified atom stereocenters. The number of carbonyl (C=O) groups is 1. The second-order valence-electron chi connectivity index (χ2n) is 7.02. The monoisotopic (exact) mass is 377 g/mol. The van der Waals surface area contributed by atoms with Gasteiger partial charge in [0.2, 0.25) is 0 Å². The molecule has 0 saturated heterocycles. The van der Waals surface area contributed by atoms with Crippen LogP contribution in [-0.4, -0.2) is 31.0 Å². The van der Waals surface area contributed by atoms with Gasteiger partial charge >= 0.3 is 0 Å². The Labute approximate surface area is 178 Å². The third kappa shape index (κ3) is 6.80. The molecule has 0 spiro atoms. The largest absolute Gasteiger partial charge is 0.494 e. The van der Waals surface area contributed by atoms with Crippen LogP contribution in [0.1, 0.15) is 65.2 Å². The molecule has 2 aromatic rings. The van der Waals surface area contributed by atoms with Crippen LogP contribution >= 0.6 is 8.58 Å². The van der Waals surface area contributed by atoms with Gasteiger partial charge in [0.15, 0.2) is 5.52 Å². The van der Waals surface area contributed by atoms with Crippen LogP contribution < -0.4 is 10.0 Å². The molecule has 141 valence electrons. The number of aryl methyl sites for hydroxylation is 2. The molecule has 0 heterocycles. The van der Waals surface area contributed by atoms with Gasteiger partial charge in [-0.15, -0.1) is 0 Å². The van der Waals surface area contributed by atoms with Crippen molar-refractivity contribution >= 4 is 38.3 Å². The van der Waals surface area contributed by atoms with Crippen LogP contribution in [0.5, 0.6) is 5.75 Å². The van der Waals surface area contributed by atoms with Crippen LogP contribution in [0.4, 0.5) is 0 Å². The molecule has 1 radical (unpaired) electrons. The van der Waals surface area contributed by atoms with E-state index in [-0.39, 0.29) is 33.0 Å². The van der Waals surface area contributed by atoms with Gasteiger partial charge in [0.05, 0.1) is 6.61 Å². The standard InChI is InChI=1S/C23H31O2P.Li/c1-6-7-8-9-14-25-20-10-12-21(13-11-20)26-23(24)22-17(3)15-16(2)18(4)19(22)5;/h10-13,15,26H,6-9,14H2,1-5H3;. The zero-order chi connectivity index (χ0) is 19.1. The van der Waals surface area contributed by atoms with E-state index < -0.39 is 0 Å². The summed E-state index contributed by atoms with van der Waals surface area (Å²) < 4.78 is 5.78. The molecule has 0 aliphatic heterocycles. The summed E-state index contributed by atoms with van der Waals surface area (Å²) in [7, 11) is 0.146. The van der Waals surface area contributed by atoms with Gasteiger partial charge in [-0.25, -0.2) is 0 Å². The average molecular weight is 377 g/mol. The molecule has 2 nitrogen and oxygen atoms in total. The normalized spacial score (nSPS) is 10.9. The predicted molar refractivity (Wildman–Crippen MR) is 120 cm³/mol. The smallest absolute Gasteiger partial charge is 0.186 e. The van der Waals surface area contributed by atoms with E-state index in [0.29, 0.717) is 0 Å². The van der Waals surface area contributed by atoms with Gasteiger partial charge in [-0.05, 0) is 82.4 Å². The first-order valence-corrected chi connectivity index (χ1v) is 10.6. The summed E-state index contributed by atoms with van der Waals surface area (Å²) in [6.07, 6.45) is 4.83. The summed E-state index contributed by atoms with van der Waals surface area (Å²) in [6.45, 7) is 11.3. The molecule has 0 aliphatic rings. The minimum Gasteiger partial charge on any atom is -0.494 e. The number of carbonyl (C=O) groups excluding carboxylic acids is 1. The van der Waals surface area contributed by atoms with Crippen molar-refractivity contribution in [1.29, 1.82) is 0 Å². The van der Waals surface area contributed by atoms with Crippen LogP contribution in [0.25, 0.3) is 0 Å². The molecule has 0 bridgehead atoms. The predicted octanol–water partition coefficient (Wildman–Crippen LogP) is 5.64. The van der Waals surface area contributed by atoms with E-state index in [0.717, 1.165) is 40.8 Å². The van der Waals surface area contributed by atoms with E-state index in [1.165, 1.54) is 30.4 Å². The minimum absolute atomic E-state index is 0. The fraction of sp³-hybridized carbons (Fsp3) is 0.435. The van der Waals surface area contributed by atoms with Gasteiger partial charge < -0.3 is 4.74 Å². The second kappa shape index (κ2) is 11.7. The molecule has 4 heteroatoms.